The van der Waals surface area contributed by atoms with E-state index in [1.54, 1.807) is 25.3 Å². The topological polar surface area (TPSA) is 44.5 Å². The van der Waals surface area contributed by atoms with Crippen molar-refractivity contribution < 1.29 is 9.47 Å². The molecule has 0 bridgehead atoms. The van der Waals surface area contributed by atoms with Crippen LogP contribution in [-0.2, 0) is 9.47 Å². The lowest BCUT2D eigenvalue weighted by atomic mass is 10.1. The first-order chi connectivity index (χ1) is 6.56. The van der Waals surface area contributed by atoms with Gasteiger partial charge in [0.1, 0.15) is 17.4 Å². The minimum atomic E-state index is -1.02. The first-order valence-corrected chi connectivity index (χ1v) is 5.02. The summed E-state index contributed by atoms with van der Waals surface area (Å²) in [4.78, 5) is -1.02. The molecule has 1 aliphatic carbocycles. The van der Waals surface area contributed by atoms with Gasteiger partial charge in [-0.2, -0.15) is 0 Å². The first-order valence-electron chi connectivity index (χ1n) is 4.21. The molecule has 1 aliphatic rings. The number of alkyl halides is 2. The molecule has 14 heavy (non-hydrogen) atoms. The molecule has 2 atom stereocenters. The minimum Gasteiger partial charge on any atom is -0.491 e. The Morgan fingerprint density at radius 3 is 2.86 bits per heavy atom. The Kier molecular flexibility index (Phi) is 4.26. The van der Waals surface area contributed by atoms with E-state index in [-0.39, 0.29) is 0 Å². The molecule has 0 aliphatic heterocycles. The van der Waals surface area contributed by atoms with Crippen LogP contribution < -0.4 is 5.73 Å². The smallest absolute Gasteiger partial charge is 0.130 e. The lowest BCUT2D eigenvalue weighted by Gasteiger charge is -2.25. The zero-order valence-electron chi connectivity index (χ0n) is 7.87. The van der Waals surface area contributed by atoms with Crippen LogP contribution in [0.5, 0.6) is 0 Å². The summed E-state index contributed by atoms with van der Waals surface area (Å²) in [7, 11) is 1.61. The van der Waals surface area contributed by atoms with Crippen molar-refractivity contribution in [2.24, 2.45) is 5.73 Å². The molecule has 0 heterocycles. The van der Waals surface area contributed by atoms with Gasteiger partial charge < -0.3 is 15.2 Å². The Balaban J connectivity index is 2.46. The van der Waals surface area contributed by atoms with E-state index in [2.05, 4.69) is 0 Å². The maximum absolute atomic E-state index is 5.92. The highest BCUT2D eigenvalue weighted by Crippen LogP contribution is 2.27. The molecule has 2 unspecified atom stereocenters. The van der Waals surface area contributed by atoms with Crippen molar-refractivity contribution >= 4 is 23.2 Å². The van der Waals surface area contributed by atoms with E-state index in [0.717, 1.165) is 0 Å². The van der Waals surface area contributed by atoms with Crippen LogP contribution in [-0.4, -0.2) is 30.7 Å². The van der Waals surface area contributed by atoms with Gasteiger partial charge in [-0.1, -0.05) is 11.6 Å². The van der Waals surface area contributed by atoms with Crippen molar-refractivity contribution in [3.63, 3.8) is 0 Å². The summed E-state index contributed by atoms with van der Waals surface area (Å²) in [5.74, 6) is 0.670. The minimum absolute atomic E-state index is 0.466. The fraction of sp³-hybridized carbons (Fsp3) is 0.556. The summed E-state index contributed by atoms with van der Waals surface area (Å²) >= 11 is 11.8. The summed E-state index contributed by atoms with van der Waals surface area (Å²) in [6.45, 7) is 1.02. The van der Waals surface area contributed by atoms with Crippen LogP contribution in [0.15, 0.2) is 24.0 Å². The summed E-state index contributed by atoms with van der Waals surface area (Å²) < 4.78 is 10.2. The summed E-state index contributed by atoms with van der Waals surface area (Å²) in [6.07, 6.45) is 5.01. The van der Waals surface area contributed by atoms with Crippen LogP contribution in [0.4, 0.5) is 0 Å². The Hall–Kier alpha value is -0.220. The molecular weight excluding hydrogens is 225 g/mol. The Labute approximate surface area is 93.4 Å². The standard InChI is InChI=1S/C9H13Cl2NO2/c1-13-4-5-14-7-2-3-9(11,12)8(10)6-7/h2-3,6,8H,4-5,12H2,1H3. The zero-order valence-corrected chi connectivity index (χ0v) is 9.39. The van der Waals surface area contributed by atoms with Crippen molar-refractivity contribution in [2.75, 3.05) is 20.3 Å². The first kappa shape index (κ1) is 11.9. The van der Waals surface area contributed by atoms with Crippen LogP contribution in [0.2, 0.25) is 0 Å². The average molecular weight is 238 g/mol. The molecule has 80 valence electrons. The van der Waals surface area contributed by atoms with Crippen molar-refractivity contribution in [3.05, 3.63) is 24.0 Å². The van der Waals surface area contributed by atoms with Crippen molar-refractivity contribution in [1.82, 2.24) is 0 Å². The molecule has 3 nitrogen and oxygen atoms in total. The lowest BCUT2D eigenvalue weighted by molar-refractivity contribution is 0.113. The largest absolute Gasteiger partial charge is 0.491 e. The normalized spacial score (nSPS) is 31.4. The van der Waals surface area contributed by atoms with Gasteiger partial charge in [-0.25, -0.2) is 0 Å². The highest BCUT2D eigenvalue weighted by atomic mass is 35.5. The second-order valence-corrected chi connectivity index (χ2v) is 4.10. The molecule has 1 rings (SSSR count). The van der Waals surface area contributed by atoms with Gasteiger partial charge in [-0.3, -0.25) is 0 Å². The number of halogens is 2. The Morgan fingerprint density at radius 1 is 1.57 bits per heavy atom. The molecule has 0 saturated heterocycles. The quantitative estimate of drug-likeness (QED) is 0.459. The molecule has 0 spiro atoms. The van der Waals surface area contributed by atoms with Gasteiger partial charge >= 0.3 is 0 Å². The number of hydrogen-bond donors (Lipinski definition) is 1. The fourth-order valence-electron chi connectivity index (χ4n) is 0.968. The van der Waals surface area contributed by atoms with E-state index in [9.17, 15) is 0 Å². The maximum atomic E-state index is 5.92. The van der Waals surface area contributed by atoms with Crippen molar-refractivity contribution in [2.45, 2.75) is 10.4 Å². The summed E-state index contributed by atoms with van der Waals surface area (Å²) in [5, 5.41) is -0.466. The van der Waals surface area contributed by atoms with E-state index < -0.39 is 10.4 Å². The van der Waals surface area contributed by atoms with E-state index in [4.69, 9.17) is 38.4 Å². The van der Waals surface area contributed by atoms with Crippen LogP contribution >= 0.6 is 23.2 Å². The van der Waals surface area contributed by atoms with Crippen molar-refractivity contribution in [3.8, 4) is 0 Å². The van der Waals surface area contributed by atoms with E-state index in [0.29, 0.717) is 19.0 Å². The van der Waals surface area contributed by atoms with Crippen LogP contribution in [0.1, 0.15) is 0 Å². The fourth-order valence-corrected chi connectivity index (χ4v) is 1.29. The number of allylic oxidation sites excluding steroid dienone is 1. The second kappa shape index (κ2) is 5.03. The SMILES string of the molecule is COCCOC1=CC(Cl)C(N)(Cl)C=C1. The molecule has 0 saturated carbocycles. The third-order valence-electron chi connectivity index (χ3n) is 1.79. The predicted molar refractivity (Wildman–Crippen MR) is 57.5 cm³/mol. The number of methoxy groups -OCH3 is 1. The highest BCUT2D eigenvalue weighted by molar-refractivity contribution is 6.34. The molecule has 0 aromatic rings. The summed E-state index contributed by atoms with van der Waals surface area (Å²) in [6, 6.07) is 0. The number of ether oxygens (including phenoxy) is 2. The summed E-state index contributed by atoms with van der Waals surface area (Å²) in [5.41, 5.74) is 5.66. The van der Waals surface area contributed by atoms with Gasteiger partial charge in [0.25, 0.3) is 0 Å². The number of hydrogen-bond acceptors (Lipinski definition) is 3. The Morgan fingerprint density at radius 2 is 2.29 bits per heavy atom. The molecule has 0 aromatic heterocycles. The molecular formula is C9H13Cl2NO2. The third-order valence-corrected chi connectivity index (χ3v) is 2.75. The average Bonchev–Trinajstić information content (AvgIpc) is 2.12. The van der Waals surface area contributed by atoms with Crippen LogP contribution in [0, 0.1) is 0 Å². The lowest BCUT2D eigenvalue weighted by Crippen LogP contribution is -2.41. The molecule has 0 aromatic carbocycles. The third kappa shape index (κ3) is 3.17. The molecule has 5 heteroatoms. The maximum Gasteiger partial charge on any atom is 0.130 e. The molecule has 0 amide bonds. The highest BCUT2D eigenvalue weighted by Gasteiger charge is 2.30. The van der Waals surface area contributed by atoms with Gasteiger partial charge in [0.2, 0.25) is 0 Å². The van der Waals surface area contributed by atoms with E-state index >= 15 is 0 Å². The molecule has 0 fully saturated rings. The predicted octanol–water partition coefficient (Wildman–Crippen LogP) is 1.60. The van der Waals surface area contributed by atoms with Gasteiger partial charge in [-0.05, 0) is 18.2 Å². The monoisotopic (exact) mass is 237 g/mol. The van der Waals surface area contributed by atoms with Crippen LogP contribution in [0.3, 0.4) is 0 Å². The van der Waals surface area contributed by atoms with Crippen LogP contribution in [0.25, 0.3) is 0 Å². The van der Waals surface area contributed by atoms with Crippen molar-refractivity contribution in [1.29, 1.82) is 0 Å². The van der Waals surface area contributed by atoms with Gasteiger partial charge in [-0.15, -0.1) is 11.6 Å². The van der Waals surface area contributed by atoms with E-state index in [1.165, 1.54) is 0 Å². The number of nitrogens with two attached hydrogens (primary N) is 1. The zero-order chi connectivity index (χ0) is 10.6. The molecule has 2 N–H and O–H groups in total. The Bertz CT molecular complexity index is 251. The molecule has 0 radical (unpaired) electrons. The second-order valence-electron chi connectivity index (χ2n) is 2.97. The van der Waals surface area contributed by atoms with Gasteiger partial charge in [0.05, 0.1) is 12.0 Å². The van der Waals surface area contributed by atoms with E-state index in [1.807, 2.05) is 0 Å². The van der Waals surface area contributed by atoms with Gasteiger partial charge in [0, 0.05) is 7.11 Å². The number of rotatable bonds is 4. The van der Waals surface area contributed by atoms with Gasteiger partial charge in [0.15, 0.2) is 0 Å².